The van der Waals surface area contributed by atoms with Gasteiger partial charge in [-0.15, -0.1) is 0 Å². The first-order chi connectivity index (χ1) is 10.2. The Bertz CT molecular complexity index is 770. The molecule has 3 aromatic rings. The van der Waals surface area contributed by atoms with Crippen molar-refractivity contribution in [1.29, 1.82) is 0 Å². The van der Waals surface area contributed by atoms with Crippen LogP contribution in [-0.2, 0) is 11.2 Å². The second-order valence-electron chi connectivity index (χ2n) is 4.66. The van der Waals surface area contributed by atoms with Crippen molar-refractivity contribution in [2.24, 2.45) is 0 Å². The Morgan fingerprint density at radius 3 is 2.81 bits per heavy atom. The molecule has 3 nitrogen and oxygen atoms in total. The summed E-state index contributed by atoms with van der Waals surface area (Å²) >= 11 is 3.79. The molecule has 0 aliphatic carbocycles. The molecule has 0 fully saturated rings. The molecule has 1 amide bonds. The van der Waals surface area contributed by atoms with Crippen molar-refractivity contribution in [3.63, 3.8) is 0 Å². The van der Waals surface area contributed by atoms with Crippen molar-refractivity contribution in [3.8, 4) is 0 Å². The van der Waals surface area contributed by atoms with Crippen LogP contribution in [0, 0.1) is 3.57 Å². The summed E-state index contributed by atoms with van der Waals surface area (Å²) in [5.74, 6) is 0.00704. The van der Waals surface area contributed by atoms with Gasteiger partial charge in [0.05, 0.1) is 10.2 Å². The number of amides is 1. The van der Waals surface area contributed by atoms with Crippen molar-refractivity contribution in [3.05, 3.63) is 57.7 Å². The highest BCUT2D eigenvalue weighted by Crippen LogP contribution is 2.27. The SMILES string of the molecule is O=C(CCc1ccccc1)Nc1nc2ccc(I)cc2s1. The predicted octanol–water partition coefficient (Wildman–Crippen LogP) is 4.47. The zero-order valence-electron chi connectivity index (χ0n) is 11.2. The Balaban J connectivity index is 1.63. The summed E-state index contributed by atoms with van der Waals surface area (Å²) in [5.41, 5.74) is 2.10. The number of rotatable bonds is 4. The quantitative estimate of drug-likeness (QED) is 0.648. The first kappa shape index (κ1) is 14.5. The summed E-state index contributed by atoms with van der Waals surface area (Å²) in [4.78, 5) is 16.4. The number of fused-ring (bicyclic) bond motifs is 1. The van der Waals surface area contributed by atoms with Crippen LogP contribution >= 0.6 is 33.9 Å². The molecule has 0 saturated carbocycles. The summed E-state index contributed by atoms with van der Waals surface area (Å²) in [7, 11) is 0. The molecule has 2 aromatic carbocycles. The highest BCUT2D eigenvalue weighted by molar-refractivity contribution is 14.1. The summed E-state index contributed by atoms with van der Waals surface area (Å²) in [5, 5.41) is 3.56. The van der Waals surface area contributed by atoms with Gasteiger partial charge >= 0.3 is 0 Å². The molecule has 0 aliphatic rings. The Morgan fingerprint density at radius 1 is 1.19 bits per heavy atom. The smallest absolute Gasteiger partial charge is 0.226 e. The van der Waals surface area contributed by atoms with Crippen LogP contribution in [0.5, 0.6) is 0 Å². The molecule has 1 aromatic heterocycles. The first-order valence-corrected chi connectivity index (χ1v) is 8.50. The second-order valence-corrected chi connectivity index (χ2v) is 6.94. The van der Waals surface area contributed by atoms with Gasteiger partial charge in [-0.3, -0.25) is 4.79 Å². The molecule has 1 heterocycles. The van der Waals surface area contributed by atoms with E-state index in [0.29, 0.717) is 11.6 Å². The molecule has 0 unspecified atom stereocenters. The van der Waals surface area contributed by atoms with Gasteiger partial charge < -0.3 is 5.32 Å². The molecule has 0 radical (unpaired) electrons. The lowest BCUT2D eigenvalue weighted by Crippen LogP contribution is -2.11. The minimum atomic E-state index is 0.00704. The molecular weight excluding hydrogens is 395 g/mol. The maximum atomic E-state index is 12.0. The Labute approximate surface area is 140 Å². The number of hydrogen-bond donors (Lipinski definition) is 1. The monoisotopic (exact) mass is 408 g/mol. The molecule has 21 heavy (non-hydrogen) atoms. The number of halogens is 1. The van der Waals surface area contributed by atoms with E-state index in [1.54, 1.807) is 0 Å². The number of nitrogens with one attached hydrogen (secondary N) is 1. The van der Waals surface area contributed by atoms with Crippen LogP contribution in [0.3, 0.4) is 0 Å². The van der Waals surface area contributed by atoms with E-state index in [9.17, 15) is 4.79 Å². The van der Waals surface area contributed by atoms with Gasteiger partial charge in [0, 0.05) is 9.99 Å². The van der Waals surface area contributed by atoms with Crippen LogP contribution in [0.1, 0.15) is 12.0 Å². The van der Waals surface area contributed by atoms with Gasteiger partial charge in [0.1, 0.15) is 0 Å². The number of anilines is 1. The van der Waals surface area contributed by atoms with Crippen molar-refractivity contribution < 1.29 is 4.79 Å². The van der Waals surface area contributed by atoms with Crippen molar-refractivity contribution in [2.75, 3.05) is 5.32 Å². The molecule has 0 aliphatic heterocycles. The number of hydrogen-bond acceptors (Lipinski definition) is 3. The highest BCUT2D eigenvalue weighted by atomic mass is 127. The van der Waals surface area contributed by atoms with Gasteiger partial charge in [0.15, 0.2) is 5.13 Å². The van der Waals surface area contributed by atoms with Crippen LogP contribution in [0.4, 0.5) is 5.13 Å². The molecule has 0 bridgehead atoms. The average Bonchev–Trinajstić information content (AvgIpc) is 2.87. The van der Waals surface area contributed by atoms with E-state index in [-0.39, 0.29) is 5.91 Å². The summed E-state index contributed by atoms with van der Waals surface area (Å²) in [6, 6.07) is 16.1. The van der Waals surface area contributed by atoms with Gasteiger partial charge in [0.2, 0.25) is 5.91 Å². The van der Waals surface area contributed by atoms with Crippen LogP contribution in [0.25, 0.3) is 10.2 Å². The normalized spacial score (nSPS) is 10.7. The van der Waals surface area contributed by atoms with Crippen LogP contribution in [0.2, 0.25) is 0 Å². The van der Waals surface area contributed by atoms with Crippen molar-refractivity contribution in [2.45, 2.75) is 12.8 Å². The fraction of sp³-hybridized carbons (Fsp3) is 0.125. The minimum Gasteiger partial charge on any atom is -0.302 e. The third kappa shape index (κ3) is 3.79. The van der Waals surface area contributed by atoms with Crippen molar-refractivity contribution in [1.82, 2.24) is 4.98 Å². The summed E-state index contributed by atoms with van der Waals surface area (Å²) in [6.45, 7) is 0. The topological polar surface area (TPSA) is 42.0 Å². The molecule has 5 heteroatoms. The fourth-order valence-electron chi connectivity index (χ4n) is 2.04. The lowest BCUT2D eigenvalue weighted by atomic mass is 10.1. The van der Waals surface area contributed by atoms with Crippen LogP contribution in [0.15, 0.2) is 48.5 Å². The van der Waals surface area contributed by atoms with Crippen molar-refractivity contribution >= 4 is 55.2 Å². The maximum absolute atomic E-state index is 12.0. The number of benzene rings is 2. The molecule has 0 atom stereocenters. The third-order valence-electron chi connectivity index (χ3n) is 3.08. The summed E-state index contributed by atoms with van der Waals surface area (Å²) in [6.07, 6.45) is 1.22. The standard InChI is InChI=1S/C16H13IN2OS/c17-12-7-8-13-14(10-12)21-16(18-13)19-15(20)9-6-11-4-2-1-3-5-11/h1-5,7-8,10H,6,9H2,(H,18,19,20). The van der Waals surface area contributed by atoms with E-state index in [2.05, 4.69) is 39.0 Å². The fourth-order valence-corrected chi connectivity index (χ4v) is 3.66. The average molecular weight is 408 g/mol. The molecule has 106 valence electrons. The number of nitrogens with zero attached hydrogens (tertiary/aromatic N) is 1. The van der Waals surface area contributed by atoms with Gasteiger partial charge in [-0.2, -0.15) is 0 Å². The molecule has 3 rings (SSSR count). The molecule has 0 saturated heterocycles. The van der Waals surface area contributed by atoms with Gasteiger partial charge in [-0.1, -0.05) is 41.7 Å². The zero-order valence-corrected chi connectivity index (χ0v) is 14.1. The lowest BCUT2D eigenvalue weighted by molar-refractivity contribution is -0.116. The predicted molar refractivity (Wildman–Crippen MR) is 95.7 cm³/mol. The Morgan fingerprint density at radius 2 is 2.00 bits per heavy atom. The molecule has 0 spiro atoms. The van der Waals surface area contributed by atoms with Crippen LogP contribution in [-0.4, -0.2) is 10.9 Å². The van der Waals surface area contributed by atoms with E-state index in [1.165, 1.54) is 20.5 Å². The van der Waals surface area contributed by atoms with Gasteiger partial charge in [-0.25, -0.2) is 4.98 Å². The zero-order chi connectivity index (χ0) is 14.7. The highest BCUT2D eigenvalue weighted by Gasteiger charge is 2.08. The van der Waals surface area contributed by atoms with Gasteiger partial charge in [0.25, 0.3) is 0 Å². The second kappa shape index (κ2) is 6.53. The third-order valence-corrected chi connectivity index (χ3v) is 4.68. The largest absolute Gasteiger partial charge is 0.302 e. The Kier molecular flexibility index (Phi) is 4.50. The van der Waals surface area contributed by atoms with Gasteiger partial charge in [-0.05, 0) is 52.8 Å². The molecular formula is C16H13IN2OS. The van der Waals surface area contributed by atoms with E-state index in [4.69, 9.17) is 0 Å². The Hall–Kier alpha value is -1.47. The van der Waals surface area contributed by atoms with E-state index < -0.39 is 0 Å². The van der Waals surface area contributed by atoms with E-state index >= 15 is 0 Å². The summed E-state index contributed by atoms with van der Waals surface area (Å²) < 4.78 is 2.27. The maximum Gasteiger partial charge on any atom is 0.226 e. The van der Waals surface area contributed by atoms with Crippen LogP contribution < -0.4 is 5.32 Å². The molecule has 1 N–H and O–H groups in total. The minimum absolute atomic E-state index is 0.00704. The number of aromatic nitrogens is 1. The number of thiazole rings is 1. The number of carbonyl (C=O) groups excluding carboxylic acids is 1. The first-order valence-electron chi connectivity index (χ1n) is 6.60. The van der Waals surface area contributed by atoms with E-state index in [1.807, 2.05) is 42.5 Å². The van der Waals surface area contributed by atoms with E-state index in [0.717, 1.165) is 16.6 Å². The number of aryl methyl sites for hydroxylation is 1. The number of carbonyl (C=O) groups is 1. The lowest BCUT2D eigenvalue weighted by Gasteiger charge is -2.01.